The number of nitrogens with one attached hydrogen (secondary N) is 2. The molecule has 1 aromatic carbocycles. The molecule has 1 aliphatic rings. The summed E-state index contributed by atoms with van der Waals surface area (Å²) in [6, 6.07) is 9.99. The van der Waals surface area contributed by atoms with Gasteiger partial charge >= 0.3 is 0 Å². The quantitative estimate of drug-likeness (QED) is 0.587. The van der Waals surface area contributed by atoms with Crippen LogP contribution in [0.15, 0.2) is 30.3 Å². The fraction of sp³-hybridized carbons (Fsp3) is 0.538. The van der Waals surface area contributed by atoms with Crippen LogP contribution in [0.2, 0.25) is 0 Å². The molecule has 4 heteroatoms. The van der Waals surface area contributed by atoms with E-state index in [2.05, 4.69) is 22.8 Å². The number of aliphatic hydroxyl groups excluding tert-OH is 2. The molecule has 1 aromatic rings. The molecule has 1 fully saturated rings. The topological polar surface area (TPSA) is 64.5 Å². The predicted molar refractivity (Wildman–Crippen MR) is 66.5 cm³/mol. The monoisotopic (exact) mass is 236 g/mol. The second kappa shape index (κ2) is 5.60. The van der Waals surface area contributed by atoms with Gasteiger partial charge in [-0.3, -0.25) is 0 Å². The van der Waals surface area contributed by atoms with Crippen molar-refractivity contribution < 1.29 is 10.2 Å². The molecule has 1 heterocycles. The van der Waals surface area contributed by atoms with Crippen molar-refractivity contribution in [2.75, 3.05) is 6.54 Å². The fourth-order valence-electron chi connectivity index (χ4n) is 2.22. The highest BCUT2D eigenvalue weighted by Crippen LogP contribution is 2.13. The van der Waals surface area contributed by atoms with Crippen molar-refractivity contribution in [1.29, 1.82) is 0 Å². The van der Waals surface area contributed by atoms with E-state index in [0.29, 0.717) is 6.54 Å². The molecule has 4 N–H and O–H groups in total. The lowest BCUT2D eigenvalue weighted by molar-refractivity contribution is 0.0304. The van der Waals surface area contributed by atoms with Crippen molar-refractivity contribution in [3.63, 3.8) is 0 Å². The minimum atomic E-state index is -0.687. The first-order valence-corrected chi connectivity index (χ1v) is 6.05. The molecule has 0 radical (unpaired) electrons. The Labute approximate surface area is 102 Å². The molecule has 0 bridgehead atoms. The van der Waals surface area contributed by atoms with Gasteiger partial charge in [0, 0.05) is 25.2 Å². The van der Waals surface area contributed by atoms with Crippen molar-refractivity contribution in [1.82, 2.24) is 10.6 Å². The highest BCUT2D eigenvalue weighted by molar-refractivity contribution is 5.14. The average molecular weight is 236 g/mol. The van der Waals surface area contributed by atoms with Gasteiger partial charge in [-0.25, -0.2) is 0 Å². The van der Waals surface area contributed by atoms with Crippen molar-refractivity contribution in [3.8, 4) is 0 Å². The molecule has 0 spiro atoms. The minimum Gasteiger partial charge on any atom is -0.389 e. The third-order valence-corrected chi connectivity index (χ3v) is 3.29. The maximum Gasteiger partial charge on any atom is 0.0979 e. The molecule has 4 atom stereocenters. The summed E-state index contributed by atoms with van der Waals surface area (Å²) in [5.74, 6) is 0. The third kappa shape index (κ3) is 3.04. The molecule has 0 saturated carbocycles. The summed E-state index contributed by atoms with van der Waals surface area (Å²) in [5, 5.41) is 25.8. The SMILES string of the molecule is C[C@@H]1N[C@@H](CNCc2ccccc2)[C@H](O)[C@@H]1O. The summed E-state index contributed by atoms with van der Waals surface area (Å²) in [5.41, 5.74) is 1.22. The average Bonchev–Trinajstić information content (AvgIpc) is 2.59. The summed E-state index contributed by atoms with van der Waals surface area (Å²) in [6.07, 6.45) is -1.35. The maximum absolute atomic E-state index is 9.77. The predicted octanol–water partition coefficient (Wildman–Crippen LogP) is -0.142. The van der Waals surface area contributed by atoms with Gasteiger partial charge in [0.1, 0.15) is 0 Å². The number of hydrogen-bond donors (Lipinski definition) is 4. The highest BCUT2D eigenvalue weighted by Gasteiger charge is 2.37. The first-order valence-electron chi connectivity index (χ1n) is 6.05. The zero-order valence-electron chi connectivity index (χ0n) is 10.0. The Bertz CT molecular complexity index is 345. The van der Waals surface area contributed by atoms with Crippen LogP contribution in [0.3, 0.4) is 0 Å². The normalized spacial score (nSPS) is 32.9. The maximum atomic E-state index is 9.77. The van der Waals surface area contributed by atoms with Gasteiger partial charge in [0.15, 0.2) is 0 Å². The molecular weight excluding hydrogens is 216 g/mol. The first kappa shape index (κ1) is 12.5. The van der Waals surface area contributed by atoms with Crippen LogP contribution in [0.1, 0.15) is 12.5 Å². The molecule has 94 valence electrons. The second-order valence-electron chi connectivity index (χ2n) is 4.66. The molecule has 17 heavy (non-hydrogen) atoms. The Kier molecular flexibility index (Phi) is 4.12. The third-order valence-electron chi connectivity index (χ3n) is 3.29. The van der Waals surface area contributed by atoms with Crippen molar-refractivity contribution >= 4 is 0 Å². The van der Waals surface area contributed by atoms with Gasteiger partial charge in [-0.2, -0.15) is 0 Å². The summed E-state index contributed by atoms with van der Waals surface area (Å²) < 4.78 is 0. The van der Waals surface area contributed by atoms with Crippen molar-refractivity contribution in [3.05, 3.63) is 35.9 Å². The lowest BCUT2D eigenvalue weighted by Crippen LogP contribution is -2.41. The number of aliphatic hydroxyl groups is 2. The van der Waals surface area contributed by atoms with Crippen LogP contribution in [-0.2, 0) is 6.54 Å². The number of benzene rings is 1. The van der Waals surface area contributed by atoms with Gasteiger partial charge in [-0.05, 0) is 12.5 Å². The van der Waals surface area contributed by atoms with E-state index in [0.717, 1.165) is 6.54 Å². The van der Waals surface area contributed by atoms with E-state index in [9.17, 15) is 10.2 Å². The summed E-state index contributed by atoms with van der Waals surface area (Å²) >= 11 is 0. The Hall–Kier alpha value is -0.940. The van der Waals surface area contributed by atoms with Crippen molar-refractivity contribution in [2.24, 2.45) is 0 Å². The van der Waals surface area contributed by atoms with Crippen LogP contribution in [0.4, 0.5) is 0 Å². The molecule has 0 unspecified atom stereocenters. The zero-order valence-corrected chi connectivity index (χ0v) is 10.0. The summed E-state index contributed by atoms with van der Waals surface area (Å²) in [4.78, 5) is 0. The Morgan fingerprint density at radius 1 is 1.18 bits per heavy atom. The van der Waals surface area contributed by atoms with Crippen LogP contribution in [0.25, 0.3) is 0 Å². The zero-order chi connectivity index (χ0) is 12.3. The molecule has 0 aromatic heterocycles. The van der Waals surface area contributed by atoms with E-state index in [-0.39, 0.29) is 12.1 Å². The number of rotatable bonds is 4. The van der Waals surface area contributed by atoms with Gasteiger partial charge in [0.05, 0.1) is 12.2 Å². The van der Waals surface area contributed by atoms with Crippen LogP contribution in [0.5, 0.6) is 0 Å². The van der Waals surface area contributed by atoms with E-state index < -0.39 is 12.2 Å². The van der Waals surface area contributed by atoms with E-state index in [4.69, 9.17) is 0 Å². The van der Waals surface area contributed by atoms with Gasteiger partial charge in [0.2, 0.25) is 0 Å². The second-order valence-corrected chi connectivity index (χ2v) is 4.66. The van der Waals surface area contributed by atoms with Gasteiger partial charge in [-0.15, -0.1) is 0 Å². The Morgan fingerprint density at radius 2 is 1.88 bits per heavy atom. The summed E-state index contributed by atoms with van der Waals surface area (Å²) in [6.45, 7) is 3.30. The summed E-state index contributed by atoms with van der Waals surface area (Å²) in [7, 11) is 0. The molecule has 2 rings (SSSR count). The van der Waals surface area contributed by atoms with Gasteiger partial charge < -0.3 is 20.8 Å². The van der Waals surface area contributed by atoms with Crippen molar-refractivity contribution in [2.45, 2.75) is 37.8 Å². The van der Waals surface area contributed by atoms with E-state index >= 15 is 0 Å². The van der Waals surface area contributed by atoms with E-state index in [1.54, 1.807) is 0 Å². The standard InChI is InChI=1S/C13H20N2O2/c1-9-12(16)13(17)11(15-9)8-14-7-10-5-3-2-4-6-10/h2-6,9,11-17H,7-8H2,1H3/t9-,11-,12+,13-/m0/s1. The molecule has 0 amide bonds. The lowest BCUT2D eigenvalue weighted by Gasteiger charge is -2.16. The minimum absolute atomic E-state index is 0.0477. The van der Waals surface area contributed by atoms with Crippen LogP contribution in [0, 0.1) is 0 Å². The Balaban J connectivity index is 1.76. The van der Waals surface area contributed by atoms with Gasteiger partial charge in [0.25, 0.3) is 0 Å². The van der Waals surface area contributed by atoms with Crippen LogP contribution >= 0.6 is 0 Å². The van der Waals surface area contributed by atoms with Gasteiger partial charge in [-0.1, -0.05) is 30.3 Å². The molecule has 1 aliphatic heterocycles. The van der Waals surface area contributed by atoms with Crippen LogP contribution < -0.4 is 10.6 Å². The molecule has 0 aliphatic carbocycles. The Morgan fingerprint density at radius 3 is 2.47 bits per heavy atom. The molecule has 4 nitrogen and oxygen atoms in total. The van der Waals surface area contributed by atoms with E-state index in [1.807, 2.05) is 25.1 Å². The largest absolute Gasteiger partial charge is 0.389 e. The molecule has 1 saturated heterocycles. The van der Waals surface area contributed by atoms with Crippen LogP contribution in [-0.4, -0.2) is 41.0 Å². The number of hydrogen-bond acceptors (Lipinski definition) is 4. The fourth-order valence-corrected chi connectivity index (χ4v) is 2.22. The molecular formula is C13H20N2O2. The van der Waals surface area contributed by atoms with E-state index in [1.165, 1.54) is 5.56 Å². The first-order chi connectivity index (χ1) is 8.18. The highest BCUT2D eigenvalue weighted by atomic mass is 16.3. The lowest BCUT2D eigenvalue weighted by atomic mass is 10.1. The smallest absolute Gasteiger partial charge is 0.0979 e.